The van der Waals surface area contributed by atoms with Gasteiger partial charge in [0.05, 0.1) is 5.70 Å². The predicted octanol–water partition coefficient (Wildman–Crippen LogP) is 2.32. The van der Waals surface area contributed by atoms with Crippen LogP contribution in [0.3, 0.4) is 0 Å². The van der Waals surface area contributed by atoms with Gasteiger partial charge in [0.2, 0.25) is 0 Å². The fourth-order valence-electron chi connectivity index (χ4n) is 1.73. The predicted molar refractivity (Wildman–Crippen MR) is 77.9 cm³/mol. The van der Waals surface area contributed by atoms with Crippen LogP contribution in [-0.2, 0) is 14.3 Å². The quantitative estimate of drug-likeness (QED) is 0.777. The lowest BCUT2D eigenvalue weighted by Gasteiger charge is -2.32. The third-order valence-corrected chi connectivity index (χ3v) is 2.87. The molecule has 0 aromatic carbocycles. The summed E-state index contributed by atoms with van der Waals surface area (Å²) in [6, 6.07) is -0.475. The second-order valence-electron chi connectivity index (χ2n) is 5.73. The van der Waals surface area contributed by atoms with E-state index in [0.29, 0.717) is 6.08 Å². The minimum absolute atomic E-state index is 0.0475. The van der Waals surface area contributed by atoms with E-state index in [9.17, 15) is 22.8 Å². The van der Waals surface area contributed by atoms with Gasteiger partial charge in [-0.2, -0.15) is 13.2 Å². The van der Waals surface area contributed by atoms with Gasteiger partial charge < -0.3 is 15.4 Å². The lowest BCUT2D eigenvalue weighted by Crippen LogP contribution is -2.48. The molecule has 0 radical (unpaired) electrons. The van der Waals surface area contributed by atoms with E-state index in [1.165, 1.54) is 33.8 Å². The number of amides is 2. The number of hydrogen-bond donors (Lipinski definition) is 2. The molecule has 2 N–H and O–H groups in total. The summed E-state index contributed by atoms with van der Waals surface area (Å²) in [7, 11) is 0. The molecule has 0 atom stereocenters. The molecule has 0 bridgehead atoms. The fourth-order valence-corrected chi connectivity index (χ4v) is 1.73. The van der Waals surface area contributed by atoms with Crippen LogP contribution >= 0.6 is 0 Å². The summed E-state index contributed by atoms with van der Waals surface area (Å²) >= 11 is 0. The first-order chi connectivity index (χ1) is 10.4. The Kier molecular flexibility index (Phi) is 5.29. The highest BCUT2D eigenvalue weighted by molar-refractivity contribution is 5.96. The molecule has 128 valence electrons. The van der Waals surface area contributed by atoms with E-state index in [1.807, 2.05) is 0 Å². The Hall–Kier alpha value is -2.25. The van der Waals surface area contributed by atoms with Crippen molar-refractivity contribution in [3.63, 3.8) is 0 Å². The molecule has 0 fully saturated rings. The highest BCUT2D eigenvalue weighted by Gasteiger charge is 2.41. The highest BCUT2D eigenvalue weighted by Crippen LogP contribution is 2.30. The summed E-state index contributed by atoms with van der Waals surface area (Å²) in [5.74, 6) is -1.96. The summed E-state index contributed by atoms with van der Waals surface area (Å²) in [5.41, 5.74) is -2.96. The van der Waals surface area contributed by atoms with Gasteiger partial charge in [0, 0.05) is 6.04 Å². The molecular formula is C15H19F3N2O3. The maximum Gasteiger partial charge on any atom is 0.421 e. The van der Waals surface area contributed by atoms with Gasteiger partial charge in [-0.15, -0.1) is 0 Å². The molecule has 1 heterocycles. The van der Waals surface area contributed by atoms with Gasteiger partial charge in [0.15, 0.2) is 5.60 Å². The first-order valence-electron chi connectivity index (χ1n) is 6.85. The average molecular weight is 332 g/mol. The summed E-state index contributed by atoms with van der Waals surface area (Å²) < 4.78 is 44.7. The first-order valence-corrected chi connectivity index (χ1v) is 6.85. The SMILES string of the molecule is C=CC1=C(/C=C(/C(=O)NC(C)C)C(F)(F)F)NC(=O)C(C)(C)O1. The second kappa shape index (κ2) is 6.47. The zero-order valence-corrected chi connectivity index (χ0v) is 13.3. The molecule has 0 aliphatic carbocycles. The molecule has 0 spiro atoms. The molecule has 1 aliphatic heterocycles. The van der Waals surface area contributed by atoms with E-state index in [-0.39, 0.29) is 11.5 Å². The second-order valence-corrected chi connectivity index (χ2v) is 5.73. The Morgan fingerprint density at radius 2 is 1.96 bits per heavy atom. The molecule has 0 aromatic heterocycles. The smallest absolute Gasteiger partial charge is 0.421 e. The number of halogens is 3. The Bertz CT molecular complexity index is 587. The van der Waals surface area contributed by atoms with Crippen LogP contribution in [0, 0.1) is 0 Å². The Balaban J connectivity index is 3.35. The summed E-state index contributed by atoms with van der Waals surface area (Å²) in [6.07, 6.45) is -3.18. The molecule has 0 unspecified atom stereocenters. The molecule has 23 heavy (non-hydrogen) atoms. The van der Waals surface area contributed by atoms with Crippen LogP contribution in [0.25, 0.3) is 0 Å². The van der Waals surface area contributed by atoms with Gasteiger partial charge >= 0.3 is 6.18 Å². The highest BCUT2D eigenvalue weighted by atomic mass is 19.4. The molecule has 0 saturated heterocycles. The van der Waals surface area contributed by atoms with Gasteiger partial charge in [0.1, 0.15) is 11.3 Å². The topological polar surface area (TPSA) is 67.4 Å². The van der Waals surface area contributed by atoms with Crippen molar-refractivity contribution < 1.29 is 27.5 Å². The van der Waals surface area contributed by atoms with Crippen molar-refractivity contribution in [3.8, 4) is 0 Å². The molecule has 8 heteroatoms. The number of carbonyl (C=O) groups excluding carboxylic acids is 2. The standard InChI is InChI=1S/C15H19F3N2O3/c1-6-11-10(20-13(22)14(4,5)23-11)7-9(15(16,17)18)12(21)19-8(2)3/h6-8H,1H2,2-5H3,(H,19,21)(H,20,22)/b9-7-. The van der Waals surface area contributed by atoms with E-state index in [2.05, 4.69) is 17.2 Å². The summed E-state index contributed by atoms with van der Waals surface area (Å²) in [5, 5.41) is 4.48. The number of ether oxygens (including phenoxy) is 1. The number of carbonyl (C=O) groups is 2. The number of alkyl halides is 3. The van der Waals surface area contributed by atoms with Crippen molar-refractivity contribution >= 4 is 11.8 Å². The van der Waals surface area contributed by atoms with Crippen molar-refractivity contribution in [2.75, 3.05) is 0 Å². The van der Waals surface area contributed by atoms with Crippen LogP contribution in [0.5, 0.6) is 0 Å². The van der Waals surface area contributed by atoms with Gasteiger partial charge in [-0.05, 0) is 39.8 Å². The minimum Gasteiger partial charge on any atom is -0.476 e. The number of hydrogen-bond acceptors (Lipinski definition) is 3. The third-order valence-electron chi connectivity index (χ3n) is 2.87. The van der Waals surface area contributed by atoms with Gasteiger partial charge in [-0.3, -0.25) is 9.59 Å². The van der Waals surface area contributed by atoms with E-state index in [4.69, 9.17) is 4.74 Å². The van der Waals surface area contributed by atoms with Crippen LogP contribution in [-0.4, -0.2) is 29.6 Å². The lowest BCUT2D eigenvalue weighted by atomic mass is 10.0. The van der Waals surface area contributed by atoms with Crippen molar-refractivity contribution in [3.05, 3.63) is 35.8 Å². The van der Waals surface area contributed by atoms with Crippen LogP contribution in [0.4, 0.5) is 13.2 Å². The van der Waals surface area contributed by atoms with Crippen molar-refractivity contribution in [2.24, 2.45) is 0 Å². The molecule has 2 amide bonds. The van der Waals surface area contributed by atoms with Gasteiger partial charge in [-0.25, -0.2) is 0 Å². The van der Waals surface area contributed by atoms with Gasteiger partial charge in [0.25, 0.3) is 11.8 Å². The lowest BCUT2D eigenvalue weighted by molar-refractivity contribution is -0.140. The van der Waals surface area contributed by atoms with Crippen LogP contribution in [0.2, 0.25) is 0 Å². The number of nitrogens with one attached hydrogen (secondary N) is 2. The fraction of sp³-hybridized carbons (Fsp3) is 0.467. The maximum absolute atomic E-state index is 13.1. The maximum atomic E-state index is 13.1. The van der Waals surface area contributed by atoms with Crippen molar-refractivity contribution in [1.29, 1.82) is 0 Å². The monoisotopic (exact) mass is 332 g/mol. The van der Waals surface area contributed by atoms with Crippen molar-refractivity contribution in [1.82, 2.24) is 10.6 Å². The molecule has 1 aliphatic rings. The Morgan fingerprint density at radius 3 is 2.39 bits per heavy atom. The Labute approximate surface area is 132 Å². The Morgan fingerprint density at radius 1 is 1.39 bits per heavy atom. The van der Waals surface area contributed by atoms with E-state index in [1.54, 1.807) is 0 Å². The third kappa shape index (κ3) is 4.61. The molecular weight excluding hydrogens is 313 g/mol. The van der Waals surface area contributed by atoms with E-state index < -0.39 is 35.2 Å². The van der Waals surface area contributed by atoms with Crippen LogP contribution < -0.4 is 10.6 Å². The normalized spacial score (nSPS) is 18.4. The molecule has 0 aromatic rings. The molecule has 1 rings (SSSR count). The number of allylic oxidation sites excluding steroid dienone is 2. The summed E-state index contributed by atoms with van der Waals surface area (Å²) in [4.78, 5) is 23.6. The van der Waals surface area contributed by atoms with E-state index in [0.717, 1.165) is 0 Å². The minimum atomic E-state index is -4.89. The average Bonchev–Trinajstić information content (AvgIpc) is 2.37. The zero-order valence-electron chi connectivity index (χ0n) is 13.3. The van der Waals surface area contributed by atoms with Crippen LogP contribution in [0.1, 0.15) is 27.7 Å². The zero-order chi connectivity index (χ0) is 18.0. The number of rotatable bonds is 4. The van der Waals surface area contributed by atoms with E-state index >= 15 is 0 Å². The summed E-state index contributed by atoms with van der Waals surface area (Å²) in [6.45, 7) is 9.44. The molecule has 0 saturated carbocycles. The largest absolute Gasteiger partial charge is 0.476 e. The van der Waals surface area contributed by atoms with Gasteiger partial charge in [-0.1, -0.05) is 6.58 Å². The van der Waals surface area contributed by atoms with Crippen molar-refractivity contribution in [2.45, 2.75) is 45.5 Å². The van der Waals surface area contributed by atoms with Crippen LogP contribution in [0.15, 0.2) is 35.8 Å². The first kappa shape index (κ1) is 18.8. The molecule has 5 nitrogen and oxygen atoms in total.